The first-order chi connectivity index (χ1) is 19.3. The number of amides is 1. The van der Waals surface area contributed by atoms with Crippen molar-refractivity contribution in [3.63, 3.8) is 0 Å². The number of nitrogens with one attached hydrogen (secondary N) is 1. The van der Waals surface area contributed by atoms with Crippen LogP contribution < -0.4 is 15.8 Å². The monoisotopic (exact) mass is 573 g/mol. The highest BCUT2D eigenvalue weighted by molar-refractivity contribution is 7.97. The molecule has 2 aromatic rings. The van der Waals surface area contributed by atoms with Crippen LogP contribution in [0.15, 0.2) is 46.3 Å². The number of aliphatic imine (C=N–C) groups is 1. The maximum absolute atomic E-state index is 11.2. The molecule has 0 saturated carbocycles. The third kappa shape index (κ3) is 13.7. The van der Waals surface area contributed by atoms with Gasteiger partial charge in [-0.1, -0.05) is 30.7 Å². The molecule has 0 bridgehead atoms. The Morgan fingerprint density at radius 2 is 1.75 bits per heavy atom. The van der Waals surface area contributed by atoms with E-state index in [1.165, 1.54) is 16.0 Å². The molecule has 9 heteroatoms. The lowest BCUT2D eigenvalue weighted by Gasteiger charge is -2.18. The lowest BCUT2D eigenvalue weighted by molar-refractivity contribution is -0.118. The van der Waals surface area contributed by atoms with E-state index in [9.17, 15) is 4.79 Å². The molecule has 2 rings (SSSR count). The van der Waals surface area contributed by atoms with Gasteiger partial charge in [0.15, 0.2) is 0 Å². The molecule has 0 saturated heterocycles. The Kier molecular flexibility index (Phi) is 18.8. The van der Waals surface area contributed by atoms with Gasteiger partial charge in [-0.15, -0.1) is 0 Å². The number of hydrogen-bond donors (Lipinski definition) is 2. The van der Waals surface area contributed by atoms with Crippen LogP contribution in [-0.4, -0.2) is 82.0 Å². The van der Waals surface area contributed by atoms with Crippen LogP contribution >= 0.6 is 11.9 Å². The molecule has 0 unspecified atom stereocenters. The first-order valence-electron chi connectivity index (χ1n) is 14.1. The third-order valence-electron chi connectivity index (χ3n) is 6.15. The zero-order valence-corrected chi connectivity index (χ0v) is 26.5. The zero-order chi connectivity index (χ0) is 29.8. The van der Waals surface area contributed by atoms with E-state index in [0.29, 0.717) is 6.54 Å². The smallest absolute Gasteiger partial charge is 0.210 e. The number of likely N-dealkylation sites (N-methyl/N-ethyl adjacent to an activating group) is 1. The zero-order valence-electron chi connectivity index (χ0n) is 25.7. The van der Waals surface area contributed by atoms with E-state index in [-0.39, 0.29) is 0 Å². The SMILES string of the molecule is CCNC(=NC)c1ccc(CN(C=O)CCCCCN)cc1.CCOCCN(C)Sc1c(C)cc(OC)cc1C. The molecular weight excluding hydrogens is 522 g/mol. The second-order valence-electron chi connectivity index (χ2n) is 9.45. The Hall–Kier alpha value is -2.59. The van der Waals surface area contributed by atoms with Crippen molar-refractivity contribution in [3.8, 4) is 5.75 Å². The number of benzene rings is 2. The first-order valence-corrected chi connectivity index (χ1v) is 14.9. The van der Waals surface area contributed by atoms with Crippen LogP contribution in [-0.2, 0) is 16.1 Å². The molecular formula is C31H51N5O3S. The molecule has 2 aromatic carbocycles. The van der Waals surface area contributed by atoms with Gasteiger partial charge in [0, 0.05) is 50.3 Å². The van der Waals surface area contributed by atoms with Gasteiger partial charge in [-0.3, -0.25) is 9.79 Å². The Bertz CT molecular complexity index is 978. The van der Waals surface area contributed by atoms with Crippen molar-refractivity contribution < 1.29 is 14.3 Å². The molecule has 3 N–H and O–H groups in total. The van der Waals surface area contributed by atoms with Crippen molar-refractivity contribution in [1.29, 1.82) is 0 Å². The van der Waals surface area contributed by atoms with Crippen molar-refractivity contribution in [3.05, 3.63) is 58.7 Å². The van der Waals surface area contributed by atoms with Crippen LogP contribution in [0, 0.1) is 13.8 Å². The normalized spacial score (nSPS) is 11.2. The summed E-state index contributed by atoms with van der Waals surface area (Å²) < 4.78 is 12.8. The second-order valence-corrected chi connectivity index (χ2v) is 10.7. The molecule has 0 aliphatic carbocycles. The molecule has 0 radical (unpaired) electrons. The molecule has 0 spiro atoms. The van der Waals surface area contributed by atoms with E-state index < -0.39 is 0 Å². The van der Waals surface area contributed by atoms with Gasteiger partial charge in [0.2, 0.25) is 6.41 Å². The largest absolute Gasteiger partial charge is 0.497 e. The summed E-state index contributed by atoms with van der Waals surface area (Å²) in [5.41, 5.74) is 10.2. The van der Waals surface area contributed by atoms with Gasteiger partial charge in [-0.25, -0.2) is 4.31 Å². The van der Waals surface area contributed by atoms with Gasteiger partial charge in [0.25, 0.3) is 0 Å². The lowest BCUT2D eigenvalue weighted by atomic mass is 10.1. The fraction of sp³-hybridized carbons (Fsp3) is 0.548. The third-order valence-corrected chi connectivity index (χ3v) is 7.47. The minimum atomic E-state index is 0.645. The Balaban J connectivity index is 0.000000408. The van der Waals surface area contributed by atoms with E-state index in [4.69, 9.17) is 15.2 Å². The second kappa shape index (κ2) is 21.2. The van der Waals surface area contributed by atoms with Crippen LogP contribution in [0.1, 0.15) is 55.4 Å². The van der Waals surface area contributed by atoms with Gasteiger partial charge in [0.05, 0.1) is 13.7 Å². The summed E-state index contributed by atoms with van der Waals surface area (Å²) in [6.45, 7) is 13.8. The summed E-state index contributed by atoms with van der Waals surface area (Å²) in [5.74, 6) is 1.81. The number of hydrogen-bond acceptors (Lipinski definition) is 7. The predicted molar refractivity (Wildman–Crippen MR) is 169 cm³/mol. The van der Waals surface area contributed by atoms with Crippen molar-refractivity contribution in [2.75, 3.05) is 60.6 Å². The Morgan fingerprint density at radius 3 is 2.27 bits per heavy atom. The highest BCUT2D eigenvalue weighted by atomic mass is 32.2. The number of ether oxygens (including phenoxy) is 2. The van der Waals surface area contributed by atoms with Crippen LogP contribution in [0.25, 0.3) is 0 Å². The van der Waals surface area contributed by atoms with E-state index in [2.05, 4.69) is 47.6 Å². The predicted octanol–water partition coefficient (Wildman–Crippen LogP) is 5.05. The molecule has 0 aliphatic heterocycles. The van der Waals surface area contributed by atoms with E-state index >= 15 is 0 Å². The average molecular weight is 574 g/mol. The van der Waals surface area contributed by atoms with Crippen LogP contribution in [0.5, 0.6) is 5.75 Å². The quantitative estimate of drug-likeness (QED) is 0.0900. The van der Waals surface area contributed by atoms with Crippen molar-refractivity contribution in [2.24, 2.45) is 10.7 Å². The van der Waals surface area contributed by atoms with Crippen molar-refractivity contribution in [1.82, 2.24) is 14.5 Å². The summed E-state index contributed by atoms with van der Waals surface area (Å²) in [5, 5.41) is 3.23. The molecule has 0 aromatic heterocycles. The van der Waals surface area contributed by atoms with Gasteiger partial charge in [0.1, 0.15) is 11.6 Å². The maximum atomic E-state index is 11.2. The molecule has 40 heavy (non-hydrogen) atoms. The molecule has 0 atom stereocenters. The summed E-state index contributed by atoms with van der Waals surface area (Å²) in [6.07, 6.45) is 4.01. The Morgan fingerprint density at radius 1 is 1.07 bits per heavy atom. The minimum absolute atomic E-state index is 0.645. The van der Waals surface area contributed by atoms with E-state index in [1.807, 2.05) is 43.0 Å². The lowest BCUT2D eigenvalue weighted by Crippen LogP contribution is -2.24. The fourth-order valence-electron chi connectivity index (χ4n) is 4.00. The number of nitrogens with zero attached hydrogens (tertiary/aromatic N) is 3. The van der Waals surface area contributed by atoms with Crippen molar-refractivity contribution >= 4 is 24.2 Å². The number of amidine groups is 1. The highest BCUT2D eigenvalue weighted by Crippen LogP contribution is 2.31. The standard InChI is InChI=1S/C17H28N4O.C14H23NO2S/c1-3-20-17(19-2)16-9-7-15(8-10-16)13-21(14-22)12-6-4-5-11-18;1-6-17-8-7-15(4)18-14-11(2)9-13(16-5)10-12(14)3/h7-10,14H,3-6,11-13,18H2,1-2H3,(H,19,20);9-10H,6-8H2,1-5H3. The fourth-order valence-corrected chi connectivity index (χ4v) is 4.88. The molecule has 0 heterocycles. The van der Waals surface area contributed by atoms with E-state index in [1.54, 1.807) is 26.1 Å². The van der Waals surface area contributed by atoms with Gasteiger partial charge in [-0.2, -0.15) is 0 Å². The van der Waals surface area contributed by atoms with Crippen molar-refractivity contribution in [2.45, 2.75) is 58.4 Å². The minimum Gasteiger partial charge on any atom is -0.497 e. The summed E-state index contributed by atoms with van der Waals surface area (Å²) in [4.78, 5) is 18.5. The molecule has 1 amide bonds. The molecule has 8 nitrogen and oxygen atoms in total. The molecule has 224 valence electrons. The number of nitrogens with two attached hydrogens (primary N) is 1. The number of rotatable bonds is 17. The Labute approximate surface area is 246 Å². The van der Waals surface area contributed by atoms with Gasteiger partial charge >= 0.3 is 0 Å². The number of carbonyl (C=O) groups is 1. The summed E-state index contributed by atoms with van der Waals surface area (Å²) in [6, 6.07) is 12.3. The van der Waals surface area contributed by atoms with E-state index in [0.717, 1.165) is 87.8 Å². The first kappa shape index (κ1) is 35.4. The highest BCUT2D eigenvalue weighted by Gasteiger charge is 2.10. The topological polar surface area (TPSA) is 92.4 Å². The number of carbonyl (C=O) groups excluding carboxylic acids is 1. The van der Waals surface area contributed by atoms with Crippen LogP contribution in [0.2, 0.25) is 0 Å². The number of unbranched alkanes of at least 4 members (excludes halogenated alkanes) is 2. The van der Waals surface area contributed by atoms with Gasteiger partial charge < -0.3 is 25.4 Å². The van der Waals surface area contributed by atoms with Gasteiger partial charge in [-0.05, 0) is 94.9 Å². The van der Waals surface area contributed by atoms with Crippen LogP contribution in [0.3, 0.4) is 0 Å². The summed E-state index contributed by atoms with van der Waals surface area (Å²) in [7, 11) is 5.57. The van der Waals surface area contributed by atoms with Crippen LogP contribution in [0.4, 0.5) is 0 Å². The summed E-state index contributed by atoms with van der Waals surface area (Å²) >= 11 is 1.76. The maximum Gasteiger partial charge on any atom is 0.210 e. The average Bonchev–Trinajstić information content (AvgIpc) is 2.96. The number of aryl methyl sites for hydroxylation is 2. The number of methoxy groups -OCH3 is 1. The molecule has 0 aliphatic rings. The molecule has 0 fully saturated rings.